The first-order valence-corrected chi connectivity index (χ1v) is 21.8. The van der Waals surface area contributed by atoms with Gasteiger partial charge in [-0.1, -0.05) is 173 Å². The van der Waals surface area contributed by atoms with Crippen molar-refractivity contribution in [1.29, 1.82) is 0 Å². The van der Waals surface area contributed by atoms with E-state index in [1.807, 2.05) is 0 Å². The summed E-state index contributed by atoms with van der Waals surface area (Å²) < 4.78 is 9.11. The maximum Gasteiger partial charge on any atom is 0.188 e. The Bertz CT molecular complexity index is 2740. The summed E-state index contributed by atoms with van der Waals surface area (Å²) in [5, 5.41) is 12.7. The maximum absolute atomic E-state index is 6.71. The molecule has 3 heterocycles. The van der Waals surface area contributed by atoms with E-state index in [9.17, 15) is 0 Å². The molecule has 0 saturated carbocycles. The Morgan fingerprint density at radius 1 is 0.404 bits per heavy atom. The van der Waals surface area contributed by atoms with Gasteiger partial charge in [-0.15, -0.1) is 0 Å². The van der Waals surface area contributed by atoms with Crippen LogP contribution in [0.1, 0.15) is 0 Å². The van der Waals surface area contributed by atoms with Crippen LogP contribution in [0.25, 0.3) is 38.6 Å². The third-order valence-electron chi connectivity index (χ3n) is 11.4. The number of hydrogen-bond donors (Lipinski definition) is 0. The van der Waals surface area contributed by atoms with Crippen LogP contribution in [0.15, 0.2) is 194 Å². The molecule has 1 spiro atoms. The minimum atomic E-state index is -2.80. The van der Waals surface area contributed by atoms with Crippen molar-refractivity contribution in [3.63, 3.8) is 0 Å². The van der Waals surface area contributed by atoms with Gasteiger partial charge in [-0.25, -0.2) is 0 Å². The fraction of sp³-hybridized carbons (Fsp3) is 0. The molecule has 52 heavy (non-hydrogen) atoms. The largest absolute Gasteiger partial charge is 0.458 e. The Balaban J connectivity index is 1.16. The molecule has 0 N–H and O–H groups in total. The number of fused-ring (bicyclic) bond motifs is 11. The summed E-state index contributed by atoms with van der Waals surface area (Å²) in [5.74, 6) is 1.96. The maximum atomic E-state index is 6.71. The minimum Gasteiger partial charge on any atom is -0.458 e. The topological polar surface area (TPSA) is 14.2 Å². The second-order valence-corrected chi connectivity index (χ2v) is 20.4. The first-order chi connectivity index (χ1) is 25.8. The monoisotopic (exact) mass is 695 g/mol. The molecule has 0 radical (unpaired) electrons. The van der Waals surface area contributed by atoms with Crippen molar-refractivity contribution in [2.45, 2.75) is 0 Å². The van der Waals surface area contributed by atoms with Gasteiger partial charge in [0.05, 0.1) is 11.0 Å². The van der Waals surface area contributed by atoms with E-state index < -0.39 is 16.9 Å². The van der Waals surface area contributed by atoms with Crippen molar-refractivity contribution in [3.8, 4) is 28.3 Å². The van der Waals surface area contributed by atoms with Crippen molar-refractivity contribution in [1.82, 2.24) is 4.57 Å². The van der Waals surface area contributed by atoms with Crippen LogP contribution < -0.4 is 41.0 Å². The normalized spacial score (nSPS) is 15.0. The molecule has 244 valence electrons. The van der Waals surface area contributed by atoms with E-state index in [0.29, 0.717) is 0 Å². The molecule has 0 saturated heterocycles. The van der Waals surface area contributed by atoms with E-state index in [4.69, 9.17) is 4.74 Å². The summed E-state index contributed by atoms with van der Waals surface area (Å²) in [5.41, 5.74) is 6.10. The highest BCUT2D eigenvalue weighted by Crippen LogP contribution is 2.34. The highest BCUT2D eigenvalue weighted by Gasteiger charge is 2.53. The van der Waals surface area contributed by atoms with Crippen LogP contribution in [0.5, 0.6) is 11.5 Å². The lowest BCUT2D eigenvalue weighted by Crippen LogP contribution is -2.87. The Kier molecular flexibility index (Phi) is 6.47. The van der Waals surface area contributed by atoms with Crippen molar-refractivity contribution < 1.29 is 4.74 Å². The van der Waals surface area contributed by atoms with E-state index >= 15 is 0 Å². The molecule has 0 amide bonds. The predicted molar refractivity (Wildman–Crippen MR) is 222 cm³/mol. The molecule has 1 atom stereocenters. The zero-order valence-electron chi connectivity index (χ0n) is 28.4. The number of rotatable bonds is 3. The molecular weight excluding hydrogens is 663 g/mol. The molecule has 2 nitrogen and oxygen atoms in total. The summed E-state index contributed by atoms with van der Waals surface area (Å²) in [6, 6.07) is 72.3. The molecule has 1 aromatic heterocycles. The molecule has 8 aromatic carbocycles. The summed E-state index contributed by atoms with van der Waals surface area (Å²) in [6.07, 6.45) is 0. The number of nitrogens with zero attached hydrogens (tertiary/aromatic N) is 1. The average Bonchev–Trinajstić information content (AvgIpc) is 3.55. The van der Waals surface area contributed by atoms with Crippen molar-refractivity contribution in [2.24, 2.45) is 0 Å². The number of aromatic nitrogens is 1. The molecule has 4 heteroatoms. The Labute approximate surface area is 305 Å². The second kappa shape index (κ2) is 11.4. The Morgan fingerprint density at radius 2 is 0.923 bits per heavy atom. The third kappa shape index (κ3) is 4.10. The quantitative estimate of drug-likeness (QED) is 0.193. The molecule has 2 aliphatic rings. The summed E-state index contributed by atoms with van der Waals surface area (Å²) in [6.45, 7) is 0. The van der Waals surface area contributed by atoms with Gasteiger partial charge in [-0.2, -0.15) is 0 Å². The van der Waals surface area contributed by atoms with Gasteiger partial charge in [0.25, 0.3) is 0 Å². The first kappa shape index (κ1) is 29.5. The van der Waals surface area contributed by atoms with Crippen LogP contribution in [0.2, 0.25) is 0 Å². The standard InChI is InChI=1S/C48H33NOSi2/c1-2-14-36(15-3-1)51-43-22-10-13-25-47(43)52(45-23-11-8-20-41(45)50-42-21-9-12-24-46(42)52)48-32-34(28-31-44(48)51)33-26-29-35(30-27-33)49-39-18-6-4-16-37(39)38-17-5-7-19-40(38)49/h1-32,51H. The fourth-order valence-corrected chi connectivity index (χ4v) is 19.7. The van der Waals surface area contributed by atoms with Crippen LogP contribution in [0.4, 0.5) is 0 Å². The van der Waals surface area contributed by atoms with Gasteiger partial charge < -0.3 is 9.30 Å². The van der Waals surface area contributed by atoms with Crippen molar-refractivity contribution >= 4 is 75.0 Å². The van der Waals surface area contributed by atoms with E-state index in [-0.39, 0.29) is 0 Å². The molecule has 1 unspecified atom stereocenters. The SMILES string of the molecule is c1ccc([SiH]2c3ccccc3[Si]3(c4ccccc4Oc4ccccc43)c3cc(-c4ccc(-n5c6ccccc6c6ccccc65)cc4)ccc32)cc1. The van der Waals surface area contributed by atoms with E-state index in [0.717, 1.165) is 11.5 Å². The lowest BCUT2D eigenvalue weighted by atomic mass is 10.1. The summed E-state index contributed by atoms with van der Waals surface area (Å²) in [4.78, 5) is 0. The average molecular weight is 696 g/mol. The first-order valence-electron chi connectivity index (χ1n) is 18.1. The lowest BCUT2D eigenvalue weighted by Gasteiger charge is -2.46. The molecule has 11 rings (SSSR count). The molecule has 0 fully saturated rings. The molecule has 2 aliphatic heterocycles. The van der Waals surface area contributed by atoms with Crippen LogP contribution in [0, 0.1) is 0 Å². The van der Waals surface area contributed by atoms with Crippen molar-refractivity contribution in [2.75, 3.05) is 0 Å². The number of hydrogen-bond acceptors (Lipinski definition) is 1. The number of benzene rings is 8. The van der Waals surface area contributed by atoms with Gasteiger partial charge in [0.1, 0.15) is 20.3 Å². The van der Waals surface area contributed by atoms with Gasteiger partial charge in [0, 0.05) is 16.5 Å². The van der Waals surface area contributed by atoms with Crippen molar-refractivity contribution in [3.05, 3.63) is 194 Å². The summed E-state index contributed by atoms with van der Waals surface area (Å²) >= 11 is 0. The van der Waals surface area contributed by atoms with E-state index in [1.165, 1.54) is 74.9 Å². The van der Waals surface area contributed by atoms with Gasteiger partial charge in [-0.3, -0.25) is 0 Å². The van der Waals surface area contributed by atoms with Gasteiger partial charge in [-0.05, 0) is 68.3 Å². The zero-order chi connectivity index (χ0) is 34.2. The smallest absolute Gasteiger partial charge is 0.188 e. The van der Waals surface area contributed by atoms with Gasteiger partial charge in [0.2, 0.25) is 0 Å². The number of ether oxygens (including phenoxy) is 1. The van der Waals surface area contributed by atoms with Crippen LogP contribution in [-0.2, 0) is 0 Å². The van der Waals surface area contributed by atoms with Gasteiger partial charge in [0.15, 0.2) is 8.07 Å². The molecule has 0 bridgehead atoms. The van der Waals surface area contributed by atoms with Crippen LogP contribution in [-0.4, -0.2) is 21.4 Å². The number of para-hydroxylation sites is 4. The lowest BCUT2D eigenvalue weighted by molar-refractivity contribution is 0.487. The molecule has 0 aliphatic carbocycles. The molecule has 9 aromatic rings. The minimum absolute atomic E-state index is 0.981. The summed E-state index contributed by atoms with van der Waals surface area (Å²) in [7, 11) is -4.62. The molecular formula is C48H33NOSi2. The highest BCUT2D eigenvalue weighted by molar-refractivity contribution is 7.27. The highest BCUT2D eigenvalue weighted by atomic mass is 28.3. The Hall–Kier alpha value is -6.21. The second-order valence-electron chi connectivity index (χ2n) is 14.0. The zero-order valence-corrected chi connectivity index (χ0v) is 30.6. The van der Waals surface area contributed by atoms with Crippen LogP contribution >= 0.6 is 0 Å². The van der Waals surface area contributed by atoms with Crippen LogP contribution in [0.3, 0.4) is 0 Å². The van der Waals surface area contributed by atoms with Gasteiger partial charge >= 0.3 is 0 Å². The fourth-order valence-electron chi connectivity index (χ4n) is 9.30. The van der Waals surface area contributed by atoms with E-state index in [1.54, 1.807) is 0 Å². The van der Waals surface area contributed by atoms with E-state index in [2.05, 4.69) is 199 Å². The predicted octanol–water partition coefficient (Wildman–Crippen LogP) is 6.50. The third-order valence-corrected chi connectivity index (χ3v) is 20.2. The Morgan fingerprint density at radius 3 is 1.60 bits per heavy atom.